The van der Waals surface area contributed by atoms with E-state index < -0.39 is 4.92 Å². The molecule has 0 amide bonds. The normalized spacial score (nSPS) is 9.79. The molecule has 1 rings (SSSR count). The molecule has 14 heavy (non-hydrogen) atoms. The number of nitro groups is 1. The van der Waals surface area contributed by atoms with Gasteiger partial charge in [-0.1, -0.05) is 12.1 Å². The summed E-state index contributed by atoms with van der Waals surface area (Å²) in [5.74, 6) is 0. The molecule has 5 nitrogen and oxygen atoms in total. The number of methoxy groups -OCH3 is 1. The fourth-order valence-electron chi connectivity index (χ4n) is 1.18. The fourth-order valence-corrected chi connectivity index (χ4v) is 1.18. The summed E-state index contributed by atoms with van der Waals surface area (Å²) in [7, 11) is 1.42. The maximum Gasteiger partial charge on any atom is 0.275 e. The van der Waals surface area contributed by atoms with Crippen LogP contribution in [-0.2, 0) is 11.3 Å². The van der Waals surface area contributed by atoms with Gasteiger partial charge in [-0.25, -0.2) is 0 Å². The monoisotopic (exact) mass is 195 g/mol. The predicted octanol–water partition coefficient (Wildman–Crippen LogP) is 1.55. The molecule has 0 saturated heterocycles. The molecule has 0 aliphatic heterocycles. The van der Waals surface area contributed by atoms with Crippen molar-refractivity contribution in [2.45, 2.75) is 6.61 Å². The lowest BCUT2D eigenvalue weighted by molar-refractivity contribution is -0.385. The van der Waals surface area contributed by atoms with Crippen LogP contribution < -0.4 is 0 Å². The lowest BCUT2D eigenvalue weighted by Gasteiger charge is -2.03. The molecular weight excluding hydrogens is 186 g/mol. The van der Waals surface area contributed by atoms with E-state index in [1.807, 2.05) is 0 Å². The Morgan fingerprint density at radius 3 is 2.79 bits per heavy atom. The Hall–Kier alpha value is -1.75. The quantitative estimate of drug-likeness (QED) is 0.415. The maximum atomic E-state index is 10.6. The summed E-state index contributed by atoms with van der Waals surface area (Å²) >= 11 is 0. The zero-order valence-electron chi connectivity index (χ0n) is 7.60. The smallest absolute Gasteiger partial charge is 0.275 e. The summed E-state index contributed by atoms with van der Waals surface area (Å²) in [6.07, 6.45) is 0.585. The zero-order valence-corrected chi connectivity index (χ0v) is 7.60. The number of nitro benzene ring substituents is 1. The van der Waals surface area contributed by atoms with E-state index in [1.165, 1.54) is 25.3 Å². The first-order valence-electron chi connectivity index (χ1n) is 3.91. The van der Waals surface area contributed by atoms with Crippen LogP contribution in [0, 0.1) is 10.1 Å². The van der Waals surface area contributed by atoms with E-state index >= 15 is 0 Å². The second kappa shape index (κ2) is 4.48. The third-order valence-corrected chi connectivity index (χ3v) is 1.80. The van der Waals surface area contributed by atoms with E-state index in [1.54, 1.807) is 0 Å². The van der Waals surface area contributed by atoms with Crippen LogP contribution in [0.1, 0.15) is 15.9 Å². The van der Waals surface area contributed by atoms with Crippen molar-refractivity contribution in [1.29, 1.82) is 0 Å². The molecule has 0 fully saturated rings. The number of aldehydes is 1. The first-order valence-corrected chi connectivity index (χ1v) is 3.91. The molecule has 74 valence electrons. The second-order valence-electron chi connectivity index (χ2n) is 2.65. The van der Waals surface area contributed by atoms with Crippen molar-refractivity contribution < 1.29 is 14.5 Å². The van der Waals surface area contributed by atoms with Gasteiger partial charge in [0.05, 0.1) is 17.1 Å². The fraction of sp³-hybridized carbons (Fsp3) is 0.222. The maximum absolute atomic E-state index is 10.6. The highest BCUT2D eigenvalue weighted by Crippen LogP contribution is 2.21. The van der Waals surface area contributed by atoms with Gasteiger partial charge in [0.1, 0.15) is 0 Å². The average molecular weight is 195 g/mol. The summed E-state index contributed by atoms with van der Waals surface area (Å²) < 4.78 is 4.80. The Labute approximate surface area is 80.5 Å². The van der Waals surface area contributed by atoms with Gasteiger partial charge in [-0.2, -0.15) is 0 Å². The molecule has 0 bridgehead atoms. The van der Waals surface area contributed by atoms with Crippen molar-refractivity contribution in [3.8, 4) is 0 Å². The molecular formula is C9H9NO4. The van der Waals surface area contributed by atoms with Gasteiger partial charge in [0.15, 0.2) is 6.29 Å². The molecule has 0 aliphatic carbocycles. The van der Waals surface area contributed by atoms with Crippen LogP contribution in [0.25, 0.3) is 0 Å². The summed E-state index contributed by atoms with van der Waals surface area (Å²) in [6, 6.07) is 4.34. The van der Waals surface area contributed by atoms with Crippen molar-refractivity contribution in [2.75, 3.05) is 7.11 Å². The summed E-state index contributed by atoms with van der Waals surface area (Å²) in [5, 5.41) is 10.6. The van der Waals surface area contributed by atoms with Gasteiger partial charge in [0.2, 0.25) is 0 Å². The van der Waals surface area contributed by atoms with Crippen LogP contribution in [0.5, 0.6) is 0 Å². The van der Waals surface area contributed by atoms with Crippen molar-refractivity contribution in [1.82, 2.24) is 0 Å². The van der Waals surface area contributed by atoms with Gasteiger partial charge in [-0.3, -0.25) is 14.9 Å². The molecule has 1 aromatic carbocycles. The van der Waals surface area contributed by atoms with Gasteiger partial charge >= 0.3 is 0 Å². The molecule has 0 saturated carbocycles. The lowest BCUT2D eigenvalue weighted by atomic mass is 10.1. The van der Waals surface area contributed by atoms with Crippen LogP contribution in [0.15, 0.2) is 18.2 Å². The molecule has 0 atom stereocenters. The van der Waals surface area contributed by atoms with Crippen molar-refractivity contribution in [2.24, 2.45) is 0 Å². The van der Waals surface area contributed by atoms with Gasteiger partial charge < -0.3 is 4.74 Å². The largest absolute Gasteiger partial charge is 0.380 e. The van der Waals surface area contributed by atoms with Crippen LogP contribution in [0.3, 0.4) is 0 Å². The zero-order chi connectivity index (χ0) is 10.6. The number of rotatable bonds is 4. The van der Waals surface area contributed by atoms with Gasteiger partial charge in [-0.15, -0.1) is 0 Å². The van der Waals surface area contributed by atoms with Gasteiger partial charge in [0, 0.05) is 18.7 Å². The highest BCUT2D eigenvalue weighted by atomic mass is 16.6. The van der Waals surface area contributed by atoms with E-state index in [9.17, 15) is 14.9 Å². The molecule has 0 N–H and O–H groups in total. The van der Waals surface area contributed by atoms with Crippen LogP contribution in [0.4, 0.5) is 5.69 Å². The highest BCUT2D eigenvalue weighted by molar-refractivity contribution is 5.79. The molecule has 0 radical (unpaired) electrons. The average Bonchev–Trinajstić information content (AvgIpc) is 2.18. The van der Waals surface area contributed by atoms with Gasteiger partial charge in [-0.05, 0) is 0 Å². The van der Waals surface area contributed by atoms with Gasteiger partial charge in [0.25, 0.3) is 5.69 Å². The summed E-state index contributed by atoms with van der Waals surface area (Å²) in [6.45, 7) is 0.0607. The molecule has 0 spiro atoms. The second-order valence-corrected chi connectivity index (χ2v) is 2.65. The number of nitrogens with zero attached hydrogens (tertiary/aromatic N) is 1. The number of hydrogen-bond acceptors (Lipinski definition) is 4. The number of hydrogen-bond donors (Lipinski definition) is 0. The van der Waals surface area contributed by atoms with Crippen LogP contribution >= 0.6 is 0 Å². The highest BCUT2D eigenvalue weighted by Gasteiger charge is 2.16. The standard InChI is InChI=1S/C9H9NO4/c1-14-6-8-7(5-11)3-2-4-9(8)10(12)13/h2-5H,6H2,1H3. The van der Waals surface area contributed by atoms with Crippen molar-refractivity contribution >= 4 is 12.0 Å². The Bertz CT molecular complexity index is 362. The lowest BCUT2D eigenvalue weighted by Crippen LogP contribution is -2.01. The van der Waals surface area contributed by atoms with Crippen molar-refractivity contribution in [3.63, 3.8) is 0 Å². The third-order valence-electron chi connectivity index (χ3n) is 1.80. The molecule has 0 aromatic heterocycles. The SMILES string of the molecule is COCc1c(C=O)cccc1[N+](=O)[O-]. The Balaban J connectivity index is 3.27. The third kappa shape index (κ3) is 1.94. The van der Waals surface area contributed by atoms with Crippen LogP contribution in [-0.4, -0.2) is 18.3 Å². The number of ether oxygens (including phenoxy) is 1. The number of carbonyl (C=O) groups excluding carboxylic acids is 1. The van der Waals surface area contributed by atoms with E-state index in [0.717, 1.165) is 0 Å². The molecule has 5 heteroatoms. The summed E-state index contributed by atoms with van der Waals surface area (Å²) in [5.41, 5.74) is 0.521. The minimum absolute atomic E-state index is 0.0607. The predicted molar refractivity (Wildman–Crippen MR) is 49.2 cm³/mol. The van der Waals surface area contributed by atoms with E-state index in [2.05, 4.69) is 0 Å². The number of benzene rings is 1. The van der Waals surface area contributed by atoms with Crippen LogP contribution in [0.2, 0.25) is 0 Å². The number of carbonyl (C=O) groups is 1. The summed E-state index contributed by atoms with van der Waals surface area (Å²) in [4.78, 5) is 20.7. The topological polar surface area (TPSA) is 69.4 Å². The Morgan fingerprint density at radius 2 is 2.29 bits per heavy atom. The molecule has 1 aromatic rings. The first kappa shape index (κ1) is 10.3. The Kier molecular flexibility index (Phi) is 3.30. The Morgan fingerprint density at radius 1 is 1.57 bits per heavy atom. The molecule has 0 aliphatic rings. The van der Waals surface area contributed by atoms with E-state index in [4.69, 9.17) is 4.74 Å². The molecule has 0 heterocycles. The van der Waals surface area contributed by atoms with E-state index in [-0.39, 0.29) is 12.3 Å². The van der Waals surface area contributed by atoms with E-state index in [0.29, 0.717) is 17.4 Å². The van der Waals surface area contributed by atoms with Crippen molar-refractivity contribution in [3.05, 3.63) is 39.4 Å². The minimum atomic E-state index is -0.526. The first-order chi connectivity index (χ1) is 6.70. The molecule has 0 unspecified atom stereocenters. The minimum Gasteiger partial charge on any atom is -0.380 e.